The lowest BCUT2D eigenvalue weighted by Gasteiger charge is -2.23. The first kappa shape index (κ1) is 29.7. The molecule has 0 saturated carbocycles. The van der Waals surface area contributed by atoms with Gasteiger partial charge in [-0.3, -0.25) is 18.4 Å². The Morgan fingerprint density at radius 1 is 0.389 bits per heavy atom. The van der Waals surface area contributed by atoms with Crippen molar-refractivity contribution in [2.24, 2.45) is 0 Å². The number of aromatic nitrogens is 4. The molecular formula is C44H16Cl4N4O2. The normalized spacial score (nSPS) is 13.0. The van der Waals surface area contributed by atoms with Gasteiger partial charge in [-0.15, -0.1) is 0 Å². The second-order valence-corrected chi connectivity index (χ2v) is 15.7. The smallest absolute Gasteiger partial charge is 0.264 e. The Bertz CT molecular complexity index is 3770. The Balaban J connectivity index is 1.31. The number of benzene rings is 9. The maximum atomic E-state index is 14.7. The van der Waals surface area contributed by atoms with Crippen LogP contribution >= 0.6 is 46.4 Å². The molecule has 6 nitrogen and oxygen atoms in total. The minimum Gasteiger partial charge on any atom is -0.268 e. The molecule has 9 aromatic carbocycles. The predicted octanol–water partition coefficient (Wildman–Crippen LogP) is 12.2. The van der Waals surface area contributed by atoms with Crippen LogP contribution in [0.1, 0.15) is 0 Å². The van der Waals surface area contributed by atoms with Crippen molar-refractivity contribution in [2.75, 3.05) is 0 Å². The van der Waals surface area contributed by atoms with Gasteiger partial charge in [-0.25, -0.2) is 9.97 Å². The van der Waals surface area contributed by atoms with E-state index in [2.05, 4.69) is 0 Å². The van der Waals surface area contributed by atoms with E-state index in [1.54, 1.807) is 20.9 Å². The summed E-state index contributed by atoms with van der Waals surface area (Å²) in [6, 6.07) is 30.8. The zero-order valence-corrected chi connectivity index (χ0v) is 30.4. The van der Waals surface area contributed by atoms with Gasteiger partial charge in [0.05, 0.1) is 32.8 Å². The molecule has 0 fully saturated rings. The third-order valence-corrected chi connectivity index (χ3v) is 12.7. The van der Waals surface area contributed by atoms with E-state index in [1.165, 1.54) is 0 Å². The van der Waals surface area contributed by atoms with Gasteiger partial charge >= 0.3 is 0 Å². The van der Waals surface area contributed by atoms with Gasteiger partial charge in [0.2, 0.25) is 0 Å². The Hall–Kier alpha value is -5.76. The number of hydrogen-bond acceptors (Lipinski definition) is 4. The summed E-state index contributed by atoms with van der Waals surface area (Å²) in [5.41, 5.74) is 3.45. The van der Waals surface area contributed by atoms with E-state index < -0.39 is 0 Å². The number of hydrogen-bond donors (Lipinski definition) is 0. The molecule has 4 aromatic heterocycles. The van der Waals surface area contributed by atoms with Gasteiger partial charge in [0, 0.05) is 84.7 Å². The van der Waals surface area contributed by atoms with Crippen LogP contribution in [-0.2, 0) is 0 Å². The first-order valence-electron chi connectivity index (χ1n) is 17.2. The van der Waals surface area contributed by atoms with Crippen LogP contribution in [0.3, 0.4) is 0 Å². The Morgan fingerprint density at radius 2 is 0.741 bits per heavy atom. The minimum absolute atomic E-state index is 0.255. The van der Waals surface area contributed by atoms with Crippen molar-refractivity contribution in [3.63, 3.8) is 0 Å². The average Bonchev–Trinajstić information content (AvgIpc) is 3.17. The Labute approximate surface area is 320 Å². The highest BCUT2D eigenvalue weighted by Crippen LogP contribution is 2.53. The molecule has 0 radical (unpaired) electrons. The van der Waals surface area contributed by atoms with Crippen molar-refractivity contribution in [2.45, 2.75) is 0 Å². The van der Waals surface area contributed by atoms with Crippen LogP contribution in [0.25, 0.3) is 120 Å². The summed E-state index contributed by atoms with van der Waals surface area (Å²) in [4.78, 5) is 39.6. The molecule has 13 aromatic rings. The zero-order valence-electron chi connectivity index (χ0n) is 27.4. The molecule has 0 saturated heterocycles. The summed E-state index contributed by atoms with van der Waals surface area (Å²) in [7, 11) is 0. The summed E-state index contributed by atoms with van der Waals surface area (Å²) in [6.45, 7) is 0. The van der Waals surface area contributed by atoms with Crippen molar-refractivity contribution < 1.29 is 0 Å². The van der Waals surface area contributed by atoms with E-state index in [0.717, 1.165) is 43.6 Å². The monoisotopic (exact) mass is 772 g/mol. The molecule has 0 aliphatic carbocycles. The second kappa shape index (κ2) is 9.66. The lowest BCUT2D eigenvalue weighted by molar-refractivity contribution is 1.15. The van der Waals surface area contributed by atoms with E-state index in [0.29, 0.717) is 96.0 Å². The van der Waals surface area contributed by atoms with Gasteiger partial charge in [0.25, 0.3) is 11.1 Å². The summed E-state index contributed by atoms with van der Waals surface area (Å²) < 4.78 is 3.31. The van der Waals surface area contributed by atoms with Crippen LogP contribution in [0.4, 0.5) is 0 Å². The number of fused-ring (bicyclic) bond motifs is 8. The zero-order chi connectivity index (χ0) is 36.0. The van der Waals surface area contributed by atoms with Crippen molar-refractivity contribution in [3.8, 4) is 0 Å². The summed E-state index contributed by atoms with van der Waals surface area (Å²) in [5.74, 6) is 0. The molecule has 0 amide bonds. The fourth-order valence-electron chi connectivity index (χ4n) is 9.54. The quantitative estimate of drug-likeness (QED) is 0.114. The van der Waals surface area contributed by atoms with Gasteiger partial charge < -0.3 is 0 Å². The summed E-state index contributed by atoms with van der Waals surface area (Å²) >= 11 is 29.5. The van der Waals surface area contributed by atoms with Crippen molar-refractivity contribution in [1.82, 2.24) is 18.8 Å². The molecule has 54 heavy (non-hydrogen) atoms. The molecule has 0 atom stereocenters. The molecule has 0 aliphatic rings. The molecule has 252 valence electrons. The van der Waals surface area contributed by atoms with Crippen LogP contribution < -0.4 is 11.1 Å². The first-order valence-corrected chi connectivity index (χ1v) is 18.7. The highest BCUT2D eigenvalue weighted by Gasteiger charge is 2.29. The fraction of sp³-hybridized carbons (Fsp3) is 0. The SMILES string of the molecule is O=c1c2cc(Cl)c3c4c(Cl)cc5c6c(cc(Cl)c(c7c(Cl)cc(c2c37)c2nc3cccc7cccc(c73)n12)c46)c(=O)n1c2cccc3cccc(nc51)c32. The standard InChI is InChI=1S/C44H16Cl4N4O2/c45-23-13-19-33-21(43(53)51-29-11-3-7-17-5-1-9-27(31(17)29)49-41(19)51)15-25(47)37-36-24(46)14-20-34-22(16-26(48)38(40(34)36)35(23)39(33)37)44(54)52-30-12-4-8-18-6-2-10-28(32(18)30)50-42(20)52/h1-16H. The van der Waals surface area contributed by atoms with Crippen molar-refractivity contribution >= 4 is 166 Å². The second-order valence-electron chi connectivity index (χ2n) is 14.1. The first-order chi connectivity index (χ1) is 26.3. The van der Waals surface area contributed by atoms with Gasteiger partial charge in [-0.05, 0) is 59.3 Å². The van der Waals surface area contributed by atoms with Crippen LogP contribution in [0.5, 0.6) is 0 Å². The Morgan fingerprint density at radius 3 is 1.13 bits per heavy atom. The van der Waals surface area contributed by atoms with E-state index in [4.69, 9.17) is 56.4 Å². The van der Waals surface area contributed by atoms with Gasteiger partial charge in [-0.1, -0.05) is 94.9 Å². The molecule has 0 spiro atoms. The third-order valence-electron chi connectivity index (χ3n) is 11.5. The molecule has 10 heteroatoms. The van der Waals surface area contributed by atoms with E-state index in [-0.39, 0.29) is 11.1 Å². The number of nitrogens with zero attached hydrogens (tertiary/aromatic N) is 4. The van der Waals surface area contributed by atoms with Crippen LogP contribution in [0.15, 0.2) is 107 Å². The third kappa shape index (κ3) is 3.27. The summed E-state index contributed by atoms with van der Waals surface area (Å²) in [5, 5.41) is 12.5. The highest BCUT2D eigenvalue weighted by atomic mass is 35.5. The molecule has 0 unspecified atom stereocenters. The number of pyridine rings is 2. The van der Waals surface area contributed by atoms with Gasteiger partial charge in [-0.2, -0.15) is 0 Å². The highest BCUT2D eigenvalue weighted by molar-refractivity contribution is 6.56. The molecule has 0 N–H and O–H groups in total. The lowest BCUT2D eigenvalue weighted by Crippen LogP contribution is -2.17. The fourth-order valence-corrected chi connectivity index (χ4v) is 10.7. The van der Waals surface area contributed by atoms with E-state index in [1.807, 2.05) is 84.9 Å². The molecule has 0 aliphatic heterocycles. The molecule has 4 heterocycles. The molecular weight excluding hydrogens is 758 g/mol. The van der Waals surface area contributed by atoms with E-state index in [9.17, 15) is 9.59 Å². The minimum atomic E-state index is -0.255. The van der Waals surface area contributed by atoms with E-state index >= 15 is 0 Å². The topological polar surface area (TPSA) is 68.7 Å². The maximum Gasteiger partial charge on any atom is 0.264 e. The van der Waals surface area contributed by atoms with Crippen LogP contribution in [-0.4, -0.2) is 18.8 Å². The lowest BCUT2D eigenvalue weighted by atomic mass is 9.85. The number of halogens is 4. The molecule has 13 rings (SSSR count). The van der Waals surface area contributed by atoms with Crippen molar-refractivity contribution in [1.29, 1.82) is 0 Å². The van der Waals surface area contributed by atoms with Gasteiger partial charge in [0.1, 0.15) is 11.3 Å². The number of rotatable bonds is 0. The van der Waals surface area contributed by atoms with Crippen molar-refractivity contribution in [3.05, 3.63) is 138 Å². The maximum absolute atomic E-state index is 14.7. The molecule has 0 bridgehead atoms. The average molecular weight is 774 g/mol. The van der Waals surface area contributed by atoms with Gasteiger partial charge in [0.15, 0.2) is 0 Å². The summed E-state index contributed by atoms with van der Waals surface area (Å²) in [6.07, 6.45) is 0. The van der Waals surface area contributed by atoms with Crippen LogP contribution in [0.2, 0.25) is 20.1 Å². The predicted molar refractivity (Wildman–Crippen MR) is 225 cm³/mol. The van der Waals surface area contributed by atoms with Crippen LogP contribution in [0, 0.1) is 0 Å². The Kier molecular flexibility index (Phi) is 5.31. The largest absolute Gasteiger partial charge is 0.268 e.